The molecule has 1 heterocycles. The molecule has 1 aromatic rings. The van der Waals surface area contributed by atoms with E-state index in [0.717, 1.165) is 5.56 Å². The lowest BCUT2D eigenvalue weighted by atomic mass is 10.4. The van der Waals surface area contributed by atoms with Crippen molar-refractivity contribution in [1.29, 1.82) is 0 Å². The zero-order chi connectivity index (χ0) is 6.69. The fourth-order valence-electron chi connectivity index (χ4n) is 0.480. The normalized spacial score (nSPS) is 10.3. The van der Waals surface area contributed by atoms with E-state index in [1.54, 1.807) is 12.5 Å². The fraction of sp³-hybridized carbons (Fsp3) is 0.200. The zero-order valence-electron chi connectivity index (χ0n) is 4.92. The summed E-state index contributed by atoms with van der Waals surface area (Å²) in [6.45, 7) is 0. The quantitative estimate of drug-likeness (QED) is 0.623. The molecule has 0 N–H and O–H groups in total. The number of thioether (sulfide) groups is 1. The number of hydrogen-bond donors (Lipinski definition) is 0. The summed E-state index contributed by atoms with van der Waals surface area (Å²) in [7, 11) is 0.458. The van der Waals surface area contributed by atoms with E-state index in [9.17, 15) is 4.79 Å². The maximum Gasteiger partial charge on any atom is 0.221 e. The first-order valence-corrected chi connectivity index (χ1v) is 4.66. The van der Waals surface area contributed by atoms with E-state index >= 15 is 0 Å². The van der Waals surface area contributed by atoms with Crippen molar-refractivity contribution in [3.05, 3.63) is 17.6 Å². The van der Waals surface area contributed by atoms with E-state index < -0.39 is 0 Å². The molecule has 1 rings (SSSR count). The van der Waals surface area contributed by atoms with Crippen LogP contribution >= 0.6 is 20.1 Å². The minimum Gasteiger partial charge on any atom is -0.282 e. The molecule has 0 bridgehead atoms. The van der Waals surface area contributed by atoms with E-state index in [1.165, 1.54) is 11.8 Å². The molecular formula is C5H6NOPS. The van der Waals surface area contributed by atoms with Crippen molar-refractivity contribution in [2.45, 2.75) is 0 Å². The molecule has 0 aromatic carbocycles. The van der Waals surface area contributed by atoms with E-state index in [2.05, 4.69) is 4.75 Å². The fourth-order valence-corrected chi connectivity index (χ4v) is 1.57. The van der Waals surface area contributed by atoms with Crippen molar-refractivity contribution in [2.75, 3.05) is 6.26 Å². The SMILES string of the molecule is CSC(=O)c1cn[pH]c1. The highest BCUT2D eigenvalue weighted by Crippen LogP contribution is 2.12. The number of carbonyl (C=O) groups is 1. The van der Waals surface area contributed by atoms with Crippen LogP contribution in [0.25, 0.3) is 0 Å². The van der Waals surface area contributed by atoms with Gasteiger partial charge in [-0.25, -0.2) is 4.75 Å². The van der Waals surface area contributed by atoms with Crippen LogP contribution in [0.5, 0.6) is 0 Å². The molecule has 0 amide bonds. The standard InChI is InChI=1S/C5H6NOPS/c1-9-5(7)4-2-6-8-3-4/h2-3,8H,1H3. The molecule has 0 saturated heterocycles. The summed E-state index contributed by atoms with van der Waals surface area (Å²) < 4.78 is 3.91. The van der Waals surface area contributed by atoms with Crippen molar-refractivity contribution in [2.24, 2.45) is 0 Å². The molecule has 2 nitrogen and oxygen atoms in total. The first kappa shape index (κ1) is 6.84. The van der Waals surface area contributed by atoms with E-state index in [4.69, 9.17) is 0 Å². The van der Waals surface area contributed by atoms with Gasteiger partial charge in [-0.2, -0.15) is 0 Å². The lowest BCUT2D eigenvalue weighted by Crippen LogP contribution is -1.86. The Morgan fingerprint density at radius 2 is 2.67 bits per heavy atom. The second-order valence-electron chi connectivity index (χ2n) is 1.48. The lowest BCUT2D eigenvalue weighted by Gasteiger charge is -1.85. The minimum absolute atomic E-state index is 0.115. The molecule has 1 atom stereocenters. The van der Waals surface area contributed by atoms with E-state index in [1.807, 2.05) is 5.80 Å². The van der Waals surface area contributed by atoms with Crippen LogP contribution in [-0.4, -0.2) is 16.1 Å². The van der Waals surface area contributed by atoms with Gasteiger partial charge in [-0.05, 0) is 20.4 Å². The maximum atomic E-state index is 10.8. The van der Waals surface area contributed by atoms with Crippen molar-refractivity contribution in [1.82, 2.24) is 4.75 Å². The predicted molar refractivity (Wildman–Crippen MR) is 41.6 cm³/mol. The van der Waals surface area contributed by atoms with Crippen LogP contribution in [0.3, 0.4) is 0 Å². The Labute approximate surface area is 59.2 Å². The highest BCUT2D eigenvalue weighted by molar-refractivity contribution is 8.13. The van der Waals surface area contributed by atoms with Gasteiger partial charge in [0.2, 0.25) is 5.12 Å². The Morgan fingerprint density at radius 3 is 3.11 bits per heavy atom. The van der Waals surface area contributed by atoms with Gasteiger partial charge in [0.1, 0.15) is 0 Å². The van der Waals surface area contributed by atoms with Crippen LogP contribution in [0.1, 0.15) is 10.4 Å². The van der Waals surface area contributed by atoms with Crippen LogP contribution in [0.4, 0.5) is 0 Å². The van der Waals surface area contributed by atoms with Crippen molar-refractivity contribution >= 4 is 25.2 Å². The van der Waals surface area contributed by atoms with Gasteiger partial charge in [-0.15, -0.1) is 0 Å². The molecular weight excluding hydrogens is 153 g/mol. The smallest absolute Gasteiger partial charge is 0.221 e. The molecule has 1 unspecified atom stereocenters. The monoisotopic (exact) mass is 159 g/mol. The molecule has 0 spiro atoms. The van der Waals surface area contributed by atoms with Crippen molar-refractivity contribution < 1.29 is 4.79 Å². The van der Waals surface area contributed by atoms with Gasteiger partial charge in [-0.1, -0.05) is 11.8 Å². The van der Waals surface area contributed by atoms with Crippen molar-refractivity contribution in [3.63, 3.8) is 0 Å². The van der Waals surface area contributed by atoms with Gasteiger partial charge >= 0.3 is 0 Å². The van der Waals surface area contributed by atoms with Gasteiger partial charge in [0, 0.05) is 6.20 Å². The Bertz CT molecular complexity index is 197. The summed E-state index contributed by atoms with van der Waals surface area (Å²) in [5.74, 6) is 1.86. The molecule has 0 aliphatic rings. The average molecular weight is 159 g/mol. The molecule has 0 fully saturated rings. The molecule has 0 aliphatic carbocycles. The van der Waals surface area contributed by atoms with E-state index in [-0.39, 0.29) is 5.12 Å². The summed E-state index contributed by atoms with van der Waals surface area (Å²) in [6, 6.07) is 0. The predicted octanol–water partition coefficient (Wildman–Crippen LogP) is 1.62. The number of nitrogens with zero attached hydrogens (tertiary/aromatic N) is 1. The number of hydrogen-bond acceptors (Lipinski definition) is 3. The van der Waals surface area contributed by atoms with Crippen molar-refractivity contribution in [3.8, 4) is 0 Å². The molecule has 9 heavy (non-hydrogen) atoms. The third-order valence-corrected chi connectivity index (χ3v) is 2.24. The lowest BCUT2D eigenvalue weighted by molar-refractivity contribution is 0.108. The molecule has 1 aromatic heterocycles. The number of carbonyl (C=O) groups excluding carboxylic acids is 1. The first-order valence-electron chi connectivity index (χ1n) is 2.41. The highest BCUT2D eigenvalue weighted by Gasteiger charge is 2.01. The van der Waals surface area contributed by atoms with Crippen LogP contribution in [0.15, 0.2) is 12.0 Å². The summed E-state index contributed by atoms with van der Waals surface area (Å²) in [4.78, 5) is 10.8. The zero-order valence-corrected chi connectivity index (χ0v) is 6.73. The summed E-state index contributed by atoms with van der Waals surface area (Å²) in [6.07, 6.45) is 3.41. The van der Waals surface area contributed by atoms with E-state index in [0.29, 0.717) is 8.35 Å². The topological polar surface area (TPSA) is 30.0 Å². The third kappa shape index (κ3) is 1.57. The molecule has 4 heteroatoms. The average Bonchev–Trinajstić information content (AvgIpc) is 2.37. The molecule has 0 saturated carbocycles. The minimum atomic E-state index is 0.115. The van der Waals surface area contributed by atoms with Gasteiger partial charge in [0.05, 0.1) is 5.56 Å². The molecule has 48 valence electrons. The number of aromatic nitrogens is 1. The molecule has 0 radical (unpaired) electrons. The van der Waals surface area contributed by atoms with Crippen LogP contribution in [-0.2, 0) is 0 Å². The summed E-state index contributed by atoms with van der Waals surface area (Å²) in [5, 5.41) is 0.115. The Kier molecular flexibility index (Phi) is 2.31. The van der Waals surface area contributed by atoms with Crippen LogP contribution in [0.2, 0.25) is 0 Å². The second-order valence-corrected chi connectivity index (χ2v) is 3.06. The van der Waals surface area contributed by atoms with Gasteiger partial charge in [-0.3, -0.25) is 4.79 Å². The largest absolute Gasteiger partial charge is 0.282 e. The van der Waals surface area contributed by atoms with Gasteiger partial charge in [0.15, 0.2) is 0 Å². The van der Waals surface area contributed by atoms with Crippen LogP contribution < -0.4 is 0 Å². The Balaban J connectivity index is 2.77. The Morgan fingerprint density at radius 1 is 1.89 bits per heavy atom. The summed E-state index contributed by atoms with van der Waals surface area (Å²) in [5.41, 5.74) is 0.751. The first-order chi connectivity index (χ1) is 4.34. The second kappa shape index (κ2) is 3.04. The van der Waals surface area contributed by atoms with Crippen LogP contribution in [0, 0.1) is 0 Å². The molecule has 0 aliphatic heterocycles. The summed E-state index contributed by atoms with van der Waals surface area (Å²) >= 11 is 1.23. The maximum absolute atomic E-state index is 10.8. The Hall–Kier alpha value is -0.270. The number of rotatable bonds is 1. The highest BCUT2D eigenvalue weighted by atomic mass is 32.2. The van der Waals surface area contributed by atoms with Gasteiger partial charge in [0.25, 0.3) is 0 Å². The third-order valence-electron chi connectivity index (χ3n) is 0.919. The van der Waals surface area contributed by atoms with Gasteiger partial charge < -0.3 is 0 Å².